The zero-order chi connectivity index (χ0) is 12.8. The summed E-state index contributed by atoms with van der Waals surface area (Å²) in [5.74, 6) is -2.46. The normalized spacial score (nSPS) is 10.3. The molecule has 1 rings (SSSR count). The Bertz CT molecular complexity index is 411. The van der Waals surface area contributed by atoms with Crippen molar-refractivity contribution >= 4 is 11.6 Å². The Kier molecular flexibility index (Phi) is 4.84. The van der Waals surface area contributed by atoms with Crippen LogP contribution in [0.2, 0.25) is 0 Å². The molecule has 0 atom stereocenters. The second-order valence-corrected chi connectivity index (χ2v) is 3.31. The Balaban J connectivity index is 2.66. The van der Waals surface area contributed by atoms with Crippen molar-refractivity contribution in [3.05, 3.63) is 29.3 Å². The van der Waals surface area contributed by atoms with Crippen LogP contribution in [0.4, 0.5) is 14.5 Å². The van der Waals surface area contributed by atoms with Crippen LogP contribution in [0.15, 0.2) is 12.1 Å². The molecule has 1 aromatic carbocycles. The minimum absolute atomic E-state index is 0.253. The van der Waals surface area contributed by atoms with Gasteiger partial charge >= 0.3 is 0 Å². The minimum Gasteiger partial charge on any atom is -0.396 e. The second kappa shape index (κ2) is 6.15. The molecule has 0 heterocycles. The van der Waals surface area contributed by atoms with Gasteiger partial charge in [0.2, 0.25) is 0 Å². The van der Waals surface area contributed by atoms with Gasteiger partial charge in [0.05, 0.1) is 17.9 Å². The van der Waals surface area contributed by atoms with Crippen molar-refractivity contribution in [1.29, 1.82) is 0 Å². The molecule has 0 unspecified atom stereocenters. The molecule has 0 fully saturated rings. The van der Waals surface area contributed by atoms with E-state index in [1.165, 1.54) is 0 Å². The molecular weight excluding hydrogens is 230 g/mol. The first-order valence-electron chi connectivity index (χ1n) is 5.16. The number of nitrogens with one attached hydrogen (secondary N) is 1. The van der Waals surface area contributed by atoms with Crippen molar-refractivity contribution in [3.63, 3.8) is 0 Å². The fourth-order valence-electron chi connectivity index (χ4n) is 1.22. The van der Waals surface area contributed by atoms with Crippen LogP contribution >= 0.6 is 0 Å². The lowest BCUT2D eigenvalue weighted by Gasteiger charge is -2.07. The lowest BCUT2D eigenvalue weighted by Crippen LogP contribution is -2.28. The summed E-state index contributed by atoms with van der Waals surface area (Å²) >= 11 is 0. The van der Waals surface area contributed by atoms with Crippen LogP contribution in [0.25, 0.3) is 0 Å². The number of hydrogen-bond donors (Lipinski definition) is 2. The first-order valence-corrected chi connectivity index (χ1v) is 5.16. The summed E-state index contributed by atoms with van der Waals surface area (Å²) < 4.78 is 31.1. The molecule has 0 saturated heterocycles. The highest BCUT2D eigenvalue weighted by Gasteiger charge is 2.14. The lowest BCUT2D eigenvalue weighted by molar-refractivity contribution is 0.0918. The van der Waals surface area contributed by atoms with E-state index in [0.717, 1.165) is 6.07 Å². The monoisotopic (exact) mass is 244 g/mol. The minimum atomic E-state index is -0.939. The zero-order valence-electron chi connectivity index (χ0n) is 9.43. The third-order valence-corrected chi connectivity index (χ3v) is 2.07. The van der Waals surface area contributed by atoms with Crippen LogP contribution in [0.5, 0.6) is 0 Å². The topological polar surface area (TPSA) is 64.3 Å². The fraction of sp³-hybridized carbons (Fsp3) is 0.364. The fourth-order valence-corrected chi connectivity index (χ4v) is 1.22. The molecule has 17 heavy (non-hydrogen) atoms. The third kappa shape index (κ3) is 3.67. The molecule has 4 nitrogen and oxygen atoms in total. The predicted octanol–water partition coefficient (Wildman–Crippen LogP) is 1.31. The van der Waals surface area contributed by atoms with E-state index in [1.54, 1.807) is 0 Å². The molecule has 6 heteroatoms. The van der Waals surface area contributed by atoms with Crippen molar-refractivity contribution in [1.82, 2.24) is 5.32 Å². The number of ether oxygens (including phenoxy) is 1. The van der Waals surface area contributed by atoms with Crippen molar-refractivity contribution < 1.29 is 18.3 Å². The highest BCUT2D eigenvalue weighted by molar-refractivity contribution is 5.95. The Morgan fingerprint density at radius 2 is 2.12 bits per heavy atom. The van der Waals surface area contributed by atoms with E-state index in [9.17, 15) is 13.6 Å². The van der Waals surface area contributed by atoms with E-state index in [2.05, 4.69) is 5.32 Å². The summed E-state index contributed by atoms with van der Waals surface area (Å²) in [6, 6.07) is 1.56. The largest absolute Gasteiger partial charge is 0.396 e. The number of hydrogen-bond acceptors (Lipinski definition) is 3. The Morgan fingerprint density at radius 1 is 1.41 bits per heavy atom. The number of carbonyl (C=O) groups excluding carboxylic acids is 1. The van der Waals surface area contributed by atoms with Crippen molar-refractivity contribution in [2.24, 2.45) is 0 Å². The van der Waals surface area contributed by atoms with Crippen LogP contribution < -0.4 is 11.1 Å². The number of carbonyl (C=O) groups is 1. The molecule has 0 aromatic heterocycles. The van der Waals surface area contributed by atoms with Crippen LogP contribution in [0.1, 0.15) is 17.3 Å². The van der Waals surface area contributed by atoms with E-state index in [1.807, 2.05) is 6.92 Å². The molecule has 0 aliphatic rings. The van der Waals surface area contributed by atoms with E-state index in [4.69, 9.17) is 10.5 Å². The second-order valence-electron chi connectivity index (χ2n) is 3.31. The average molecular weight is 244 g/mol. The first-order chi connectivity index (χ1) is 8.06. The van der Waals surface area contributed by atoms with Gasteiger partial charge in [-0.2, -0.15) is 0 Å². The molecule has 0 bridgehead atoms. The van der Waals surface area contributed by atoms with Crippen molar-refractivity contribution in [3.8, 4) is 0 Å². The van der Waals surface area contributed by atoms with Gasteiger partial charge in [0.25, 0.3) is 5.91 Å². The molecule has 1 amide bonds. The highest BCUT2D eigenvalue weighted by Crippen LogP contribution is 2.16. The van der Waals surface area contributed by atoms with Gasteiger partial charge in [0.15, 0.2) is 0 Å². The first kappa shape index (κ1) is 13.4. The number of benzene rings is 1. The Hall–Kier alpha value is -1.69. The number of nitrogens with two attached hydrogens (primary N) is 1. The average Bonchev–Trinajstić information content (AvgIpc) is 2.29. The van der Waals surface area contributed by atoms with Crippen LogP contribution in [0, 0.1) is 11.6 Å². The Labute approximate surface area is 97.8 Å². The standard InChI is InChI=1S/C11H14F2N2O2/c1-2-17-4-3-15-11(16)7-5-10(14)9(13)6-8(7)12/h5-6H,2-4,14H2,1H3,(H,15,16). The molecule has 3 N–H and O–H groups in total. The van der Waals surface area contributed by atoms with E-state index in [0.29, 0.717) is 19.3 Å². The number of rotatable bonds is 5. The van der Waals surface area contributed by atoms with Crippen LogP contribution in [-0.2, 0) is 4.74 Å². The summed E-state index contributed by atoms with van der Waals surface area (Å²) in [4.78, 5) is 11.5. The van der Waals surface area contributed by atoms with Gasteiger partial charge < -0.3 is 15.8 Å². The molecule has 1 aromatic rings. The smallest absolute Gasteiger partial charge is 0.254 e. The summed E-state index contributed by atoms with van der Waals surface area (Å²) in [5, 5.41) is 2.44. The molecule has 0 saturated carbocycles. The number of nitrogen functional groups attached to an aromatic ring is 1. The summed E-state index contributed by atoms with van der Waals surface area (Å²) in [6.45, 7) is 2.94. The maximum atomic E-state index is 13.3. The zero-order valence-corrected chi connectivity index (χ0v) is 9.43. The number of anilines is 1. The lowest BCUT2D eigenvalue weighted by atomic mass is 10.1. The summed E-state index contributed by atoms with van der Waals surface area (Å²) in [5.41, 5.74) is 4.72. The van der Waals surface area contributed by atoms with Gasteiger partial charge in [-0.05, 0) is 13.0 Å². The molecular formula is C11H14F2N2O2. The van der Waals surface area contributed by atoms with E-state index < -0.39 is 17.5 Å². The summed E-state index contributed by atoms with van der Waals surface area (Å²) in [6.07, 6.45) is 0. The predicted molar refractivity (Wildman–Crippen MR) is 59.6 cm³/mol. The highest BCUT2D eigenvalue weighted by atomic mass is 19.1. The van der Waals surface area contributed by atoms with Gasteiger partial charge in [-0.15, -0.1) is 0 Å². The van der Waals surface area contributed by atoms with Gasteiger partial charge in [-0.1, -0.05) is 0 Å². The van der Waals surface area contributed by atoms with Crippen molar-refractivity contribution in [2.75, 3.05) is 25.5 Å². The number of halogens is 2. The third-order valence-electron chi connectivity index (χ3n) is 2.07. The number of amides is 1. The van der Waals surface area contributed by atoms with E-state index in [-0.39, 0.29) is 17.8 Å². The summed E-state index contributed by atoms with van der Waals surface area (Å²) in [7, 11) is 0. The molecule has 0 aliphatic heterocycles. The maximum absolute atomic E-state index is 13.3. The molecule has 0 aliphatic carbocycles. The van der Waals surface area contributed by atoms with Gasteiger partial charge in [0.1, 0.15) is 11.6 Å². The van der Waals surface area contributed by atoms with Gasteiger partial charge in [-0.25, -0.2) is 8.78 Å². The van der Waals surface area contributed by atoms with Gasteiger partial charge in [-0.3, -0.25) is 4.79 Å². The van der Waals surface area contributed by atoms with Crippen LogP contribution in [0.3, 0.4) is 0 Å². The van der Waals surface area contributed by atoms with Crippen LogP contribution in [-0.4, -0.2) is 25.7 Å². The van der Waals surface area contributed by atoms with E-state index >= 15 is 0 Å². The SMILES string of the molecule is CCOCCNC(=O)c1cc(N)c(F)cc1F. The molecule has 94 valence electrons. The quantitative estimate of drug-likeness (QED) is 0.606. The van der Waals surface area contributed by atoms with Gasteiger partial charge in [0, 0.05) is 19.2 Å². The molecule has 0 radical (unpaired) electrons. The Morgan fingerprint density at radius 3 is 2.76 bits per heavy atom. The van der Waals surface area contributed by atoms with Crippen molar-refractivity contribution in [2.45, 2.75) is 6.92 Å². The maximum Gasteiger partial charge on any atom is 0.254 e. The molecule has 0 spiro atoms.